The molecule has 1 fully saturated rings. The first-order chi connectivity index (χ1) is 9.56. The summed E-state index contributed by atoms with van der Waals surface area (Å²) < 4.78 is 5.01. The topological polar surface area (TPSA) is 98.6 Å². The number of nitrogens with zero attached hydrogens (tertiary/aromatic N) is 1. The fourth-order valence-electron chi connectivity index (χ4n) is 2.24. The molecule has 0 aliphatic carbocycles. The van der Waals surface area contributed by atoms with E-state index in [4.69, 9.17) is 16.2 Å². The molecule has 0 unspecified atom stereocenters. The molecule has 1 amide bonds. The van der Waals surface area contributed by atoms with Crippen LogP contribution < -0.4 is 11.5 Å². The van der Waals surface area contributed by atoms with E-state index in [0.29, 0.717) is 11.4 Å². The number of piperidine rings is 1. The van der Waals surface area contributed by atoms with Gasteiger partial charge in [0.1, 0.15) is 0 Å². The minimum Gasteiger partial charge on any atom is -0.452 e. The van der Waals surface area contributed by atoms with E-state index in [1.54, 1.807) is 11.0 Å². The molecular formula is C14H19N3O3. The highest BCUT2D eigenvalue weighted by atomic mass is 16.5. The Bertz CT molecular complexity index is 490. The number of nitrogens with two attached hydrogens (primary N) is 2. The van der Waals surface area contributed by atoms with Crippen molar-refractivity contribution in [1.29, 1.82) is 0 Å². The van der Waals surface area contributed by atoms with Crippen molar-refractivity contribution in [3.05, 3.63) is 23.8 Å². The summed E-state index contributed by atoms with van der Waals surface area (Å²) >= 11 is 0. The van der Waals surface area contributed by atoms with Crippen LogP contribution in [0.25, 0.3) is 0 Å². The normalized spacial score (nSPS) is 14.9. The summed E-state index contributed by atoms with van der Waals surface area (Å²) in [5.74, 6) is -0.746. The zero-order valence-corrected chi connectivity index (χ0v) is 11.3. The summed E-state index contributed by atoms with van der Waals surface area (Å²) in [4.78, 5) is 25.4. The molecule has 20 heavy (non-hydrogen) atoms. The number of amides is 1. The van der Waals surface area contributed by atoms with Gasteiger partial charge in [-0.05, 0) is 37.5 Å². The number of rotatable bonds is 3. The molecule has 1 heterocycles. The summed E-state index contributed by atoms with van der Waals surface area (Å²) in [7, 11) is 0. The third-order valence-electron chi connectivity index (χ3n) is 3.25. The Morgan fingerprint density at radius 3 is 2.25 bits per heavy atom. The van der Waals surface area contributed by atoms with Crippen molar-refractivity contribution < 1.29 is 14.3 Å². The fraction of sp³-hybridized carbons (Fsp3) is 0.429. The van der Waals surface area contributed by atoms with Crippen LogP contribution in [0.2, 0.25) is 0 Å². The maximum atomic E-state index is 11.9. The van der Waals surface area contributed by atoms with Crippen LogP contribution in [0, 0.1) is 0 Å². The number of hydrogen-bond donors (Lipinski definition) is 2. The number of esters is 1. The van der Waals surface area contributed by atoms with Crippen LogP contribution in [-0.4, -0.2) is 36.5 Å². The second-order valence-corrected chi connectivity index (χ2v) is 4.91. The Hall–Kier alpha value is -2.24. The largest absolute Gasteiger partial charge is 0.452 e. The van der Waals surface area contributed by atoms with Crippen molar-refractivity contribution >= 4 is 23.3 Å². The number of carbonyl (C=O) groups is 2. The van der Waals surface area contributed by atoms with Gasteiger partial charge in [0.15, 0.2) is 6.61 Å². The van der Waals surface area contributed by atoms with Crippen LogP contribution in [0.1, 0.15) is 29.6 Å². The SMILES string of the molecule is Nc1cc(N)cc(C(=O)OCC(=O)N2CCCCC2)c1. The number of anilines is 2. The highest BCUT2D eigenvalue weighted by molar-refractivity contribution is 5.93. The van der Waals surface area contributed by atoms with E-state index in [0.717, 1.165) is 32.4 Å². The van der Waals surface area contributed by atoms with Gasteiger partial charge in [0, 0.05) is 24.5 Å². The first kappa shape index (κ1) is 14.2. The molecule has 1 saturated heterocycles. The van der Waals surface area contributed by atoms with Gasteiger partial charge in [-0.3, -0.25) is 4.79 Å². The van der Waals surface area contributed by atoms with E-state index in [2.05, 4.69) is 0 Å². The summed E-state index contributed by atoms with van der Waals surface area (Å²) in [6, 6.07) is 4.50. The monoisotopic (exact) mass is 277 g/mol. The van der Waals surface area contributed by atoms with E-state index in [1.807, 2.05) is 0 Å². The van der Waals surface area contributed by atoms with Gasteiger partial charge in [-0.15, -0.1) is 0 Å². The number of carbonyl (C=O) groups excluding carboxylic acids is 2. The van der Waals surface area contributed by atoms with Gasteiger partial charge in [-0.2, -0.15) is 0 Å². The van der Waals surface area contributed by atoms with Gasteiger partial charge in [-0.25, -0.2) is 4.79 Å². The van der Waals surface area contributed by atoms with Crippen molar-refractivity contribution in [3.8, 4) is 0 Å². The zero-order valence-electron chi connectivity index (χ0n) is 11.3. The van der Waals surface area contributed by atoms with Crippen LogP contribution in [0.15, 0.2) is 18.2 Å². The first-order valence-corrected chi connectivity index (χ1v) is 6.67. The van der Waals surface area contributed by atoms with Gasteiger partial charge < -0.3 is 21.1 Å². The van der Waals surface area contributed by atoms with Crippen LogP contribution in [0.3, 0.4) is 0 Å². The van der Waals surface area contributed by atoms with Crippen molar-refractivity contribution in [2.45, 2.75) is 19.3 Å². The lowest BCUT2D eigenvalue weighted by Crippen LogP contribution is -2.38. The quantitative estimate of drug-likeness (QED) is 0.635. The minimum atomic E-state index is -0.589. The minimum absolute atomic E-state index is 0.157. The second kappa shape index (κ2) is 6.27. The standard InChI is InChI=1S/C14H19N3O3/c15-11-6-10(7-12(16)8-11)14(19)20-9-13(18)17-4-2-1-3-5-17/h6-8H,1-5,9,15-16H2. The molecule has 6 nitrogen and oxygen atoms in total. The molecule has 0 radical (unpaired) electrons. The maximum Gasteiger partial charge on any atom is 0.338 e. The number of ether oxygens (including phenoxy) is 1. The Morgan fingerprint density at radius 2 is 1.65 bits per heavy atom. The second-order valence-electron chi connectivity index (χ2n) is 4.91. The van der Waals surface area contributed by atoms with Crippen LogP contribution >= 0.6 is 0 Å². The highest BCUT2D eigenvalue weighted by Gasteiger charge is 2.18. The molecule has 0 atom stereocenters. The van der Waals surface area contributed by atoms with Crippen molar-refractivity contribution in [2.24, 2.45) is 0 Å². The molecule has 108 valence electrons. The van der Waals surface area contributed by atoms with E-state index in [9.17, 15) is 9.59 Å². The lowest BCUT2D eigenvalue weighted by molar-refractivity contribution is -0.135. The molecule has 6 heteroatoms. The smallest absolute Gasteiger partial charge is 0.338 e. The lowest BCUT2D eigenvalue weighted by Gasteiger charge is -2.26. The van der Waals surface area contributed by atoms with Gasteiger partial charge in [0.2, 0.25) is 0 Å². The van der Waals surface area contributed by atoms with Gasteiger partial charge >= 0.3 is 5.97 Å². The highest BCUT2D eigenvalue weighted by Crippen LogP contribution is 2.15. The number of likely N-dealkylation sites (tertiary alicyclic amines) is 1. The average molecular weight is 277 g/mol. The molecule has 0 saturated carbocycles. The molecule has 0 spiro atoms. The van der Waals surface area contributed by atoms with Crippen molar-refractivity contribution in [1.82, 2.24) is 4.90 Å². The average Bonchev–Trinajstić information content (AvgIpc) is 2.44. The molecular weight excluding hydrogens is 258 g/mol. The van der Waals surface area contributed by atoms with Gasteiger partial charge in [-0.1, -0.05) is 0 Å². The summed E-state index contributed by atoms with van der Waals surface area (Å²) in [6.07, 6.45) is 3.16. The van der Waals surface area contributed by atoms with Crippen LogP contribution in [0.4, 0.5) is 11.4 Å². The molecule has 1 aliphatic rings. The van der Waals surface area contributed by atoms with E-state index >= 15 is 0 Å². The fourth-order valence-corrected chi connectivity index (χ4v) is 2.24. The number of benzene rings is 1. The Kier molecular flexibility index (Phi) is 4.45. The van der Waals surface area contributed by atoms with Gasteiger partial charge in [0.25, 0.3) is 5.91 Å². The number of hydrogen-bond acceptors (Lipinski definition) is 5. The molecule has 0 aromatic heterocycles. The Balaban J connectivity index is 1.89. The molecule has 1 aromatic carbocycles. The first-order valence-electron chi connectivity index (χ1n) is 6.67. The van der Waals surface area contributed by atoms with Crippen LogP contribution in [-0.2, 0) is 9.53 Å². The molecule has 1 aliphatic heterocycles. The van der Waals surface area contributed by atoms with E-state index < -0.39 is 5.97 Å². The van der Waals surface area contributed by atoms with E-state index in [-0.39, 0.29) is 18.1 Å². The third kappa shape index (κ3) is 3.63. The Labute approximate surface area is 117 Å². The van der Waals surface area contributed by atoms with Gasteiger partial charge in [0.05, 0.1) is 5.56 Å². The van der Waals surface area contributed by atoms with Crippen LogP contribution in [0.5, 0.6) is 0 Å². The van der Waals surface area contributed by atoms with Crippen molar-refractivity contribution in [3.63, 3.8) is 0 Å². The molecule has 0 bridgehead atoms. The number of nitrogen functional groups attached to an aromatic ring is 2. The summed E-state index contributed by atoms with van der Waals surface area (Å²) in [6.45, 7) is 1.23. The molecule has 4 N–H and O–H groups in total. The summed E-state index contributed by atoms with van der Waals surface area (Å²) in [5.41, 5.74) is 12.2. The molecule has 2 rings (SSSR count). The molecule has 1 aromatic rings. The predicted octanol–water partition coefficient (Wildman–Crippen LogP) is 1.02. The predicted molar refractivity (Wildman–Crippen MR) is 76.0 cm³/mol. The van der Waals surface area contributed by atoms with Crippen molar-refractivity contribution in [2.75, 3.05) is 31.2 Å². The Morgan fingerprint density at radius 1 is 1.05 bits per heavy atom. The third-order valence-corrected chi connectivity index (χ3v) is 3.25. The zero-order chi connectivity index (χ0) is 14.5. The van der Waals surface area contributed by atoms with E-state index in [1.165, 1.54) is 12.1 Å². The lowest BCUT2D eigenvalue weighted by atomic mass is 10.1. The maximum absolute atomic E-state index is 11.9. The summed E-state index contributed by atoms with van der Waals surface area (Å²) in [5, 5.41) is 0.